The quantitative estimate of drug-likeness (QED) is 0.631. The normalized spacial score (nSPS) is 12.4. The Labute approximate surface area is 105 Å². The van der Waals surface area contributed by atoms with E-state index in [1.807, 2.05) is 20.0 Å². The average Bonchev–Trinajstić information content (AvgIpc) is 2.65. The molecule has 0 aliphatic rings. The SMILES string of the molecule is Cc1cnc(C(C)NC(=O)CCCCCl)s1. The maximum atomic E-state index is 11.5. The highest BCUT2D eigenvalue weighted by Gasteiger charge is 2.11. The largest absolute Gasteiger partial charge is 0.347 e. The number of hydrogen-bond acceptors (Lipinski definition) is 3. The first kappa shape index (κ1) is 13.5. The van der Waals surface area contributed by atoms with Crippen molar-refractivity contribution in [1.29, 1.82) is 0 Å². The van der Waals surface area contributed by atoms with Crippen LogP contribution in [0.1, 0.15) is 42.1 Å². The van der Waals surface area contributed by atoms with Gasteiger partial charge in [-0.2, -0.15) is 0 Å². The van der Waals surface area contributed by atoms with E-state index in [0.29, 0.717) is 12.3 Å². The zero-order valence-electron chi connectivity index (χ0n) is 9.62. The number of aryl methyl sites for hydroxylation is 1. The van der Waals surface area contributed by atoms with Crippen LogP contribution in [-0.4, -0.2) is 16.8 Å². The van der Waals surface area contributed by atoms with E-state index in [1.165, 1.54) is 4.88 Å². The van der Waals surface area contributed by atoms with Crippen molar-refractivity contribution < 1.29 is 4.79 Å². The van der Waals surface area contributed by atoms with Gasteiger partial charge in [0.2, 0.25) is 5.91 Å². The molecule has 1 heterocycles. The smallest absolute Gasteiger partial charge is 0.220 e. The van der Waals surface area contributed by atoms with Crippen molar-refractivity contribution in [2.45, 2.75) is 39.2 Å². The molecule has 0 aromatic carbocycles. The third-order valence-corrected chi connectivity index (χ3v) is 3.54. The van der Waals surface area contributed by atoms with Gasteiger partial charge in [-0.1, -0.05) is 0 Å². The van der Waals surface area contributed by atoms with Crippen LogP contribution in [0.5, 0.6) is 0 Å². The summed E-state index contributed by atoms with van der Waals surface area (Å²) >= 11 is 7.17. The van der Waals surface area contributed by atoms with Gasteiger partial charge in [-0.25, -0.2) is 4.98 Å². The molecular weight excluding hydrogens is 244 g/mol. The van der Waals surface area contributed by atoms with Gasteiger partial charge in [-0.3, -0.25) is 4.79 Å². The monoisotopic (exact) mass is 260 g/mol. The predicted octanol–water partition coefficient (Wildman–Crippen LogP) is 3.04. The van der Waals surface area contributed by atoms with Crippen LogP contribution < -0.4 is 5.32 Å². The lowest BCUT2D eigenvalue weighted by Gasteiger charge is -2.10. The fourth-order valence-electron chi connectivity index (χ4n) is 1.33. The van der Waals surface area contributed by atoms with Gasteiger partial charge in [0.15, 0.2) is 0 Å². The van der Waals surface area contributed by atoms with E-state index in [1.54, 1.807) is 11.3 Å². The molecule has 0 fully saturated rings. The average molecular weight is 261 g/mol. The predicted molar refractivity (Wildman–Crippen MR) is 68.0 cm³/mol. The van der Waals surface area contributed by atoms with E-state index in [-0.39, 0.29) is 11.9 Å². The lowest BCUT2D eigenvalue weighted by atomic mass is 10.2. The minimum absolute atomic E-state index is 0.00204. The first-order valence-electron chi connectivity index (χ1n) is 5.41. The van der Waals surface area contributed by atoms with Gasteiger partial charge in [0, 0.05) is 23.4 Å². The first-order chi connectivity index (χ1) is 7.63. The number of carbonyl (C=O) groups is 1. The maximum absolute atomic E-state index is 11.5. The van der Waals surface area contributed by atoms with Gasteiger partial charge in [0.25, 0.3) is 0 Å². The van der Waals surface area contributed by atoms with Crippen LogP contribution in [0.2, 0.25) is 0 Å². The Morgan fingerprint density at radius 3 is 2.94 bits per heavy atom. The Morgan fingerprint density at radius 1 is 1.62 bits per heavy atom. The van der Waals surface area contributed by atoms with Crippen molar-refractivity contribution in [1.82, 2.24) is 10.3 Å². The molecule has 1 amide bonds. The van der Waals surface area contributed by atoms with Crippen LogP contribution in [0, 0.1) is 6.92 Å². The summed E-state index contributed by atoms with van der Waals surface area (Å²) in [4.78, 5) is 16.9. The lowest BCUT2D eigenvalue weighted by molar-refractivity contribution is -0.121. The Hall–Kier alpha value is -0.610. The number of thiazole rings is 1. The Balaban J connectivity index is 2.33. The molecule has 5 heteroatoms. The van der Waals surface area contributed by atoms with E-state index < -0.39 is 0 Å². The first-order valence-corrected chi connectivity index (χ1v) is 6.76. The molecule has 1 aromatic heterocycles. The molecule has 0 aliphatic heterocycles. The van der Waals surface area contributed by atoms with Gasteiger partial charge in [0.05, 0.1) is 6.04 Å². The molecule has 16 heavy (non-hydrogen) atoms. The molecule has 1 aromatic rings. The topological polar surface area (TPSA) is 42.0 Å². The highest BCUT2D eigenvalue weighted by atomic mass is 35.5. The summed E-state index contributed by atoms with van der Waals surface area (Å²) in [6.45, 7) is 3.97. The van der Waals surface area contributed by atoms with Crippen LogP contribution >= 0.6 is 22.9 Å². The van der Waals surface area contributed by atoms with Crippen LogP contribution in [0.15, 0.2) is 6.20 Å². The number of halogens is 1. The van der Waals surface area contributed by atoms with Crippen molar-refractivity contribution in [3.63, 3.8) is 0 Å². The highest BCUT2D eigenvalue weighted by molar-refractivity contribution is 7.11. The summed E-state index contributed by atoms with van der Waals surface area (Å²) in [5.74, 6) is 0.694. The van der Waals surface area contributed by atoms with E-state index in [9.17, 15) is 4.79 Å². The van der Waals surface area contributed by atoms with Crippen molar-refractivity contribution in [3.05, 3.63) is 16.1 Å². The second kappa shape index (κ2) is 6.86. The summed E-state index contributed by atoms with van der Waals surface area (Å²) in [5.41, 5.74) is 0. The molecular formula is C11H17ClN2OS. The Kier molecular flexibility index (Phi) is 5.77. The van der Waals surface area contributed by atoms with Crippen molar-refractivity contribution in [2.75, 3.05) is 5.88 Å². The maximum Gasteiger partial charge on any atom is 0.220 e. The number of carbonyl (C=O) groups excluding carboxylic acids is 1. The second-order valence-corrected chi connectivity index (χ2v) is 5.39. The summed E-state index contributed by atoms with van der Waals surface area (Å²) in [6.07, 6.45) is 4.11. The molecule has 1 unspecified atom stereocenters. The van der Waals surface area contributed by atoms with Crippen molar-refractivity contribution in [2.24, 2.45) is 0 Å². The summed E-state index contributed by atoms with van der Waals surface area (Å²) in [5, 5.41) is 3.90. The van der Waals surface area contributed by atoms with Crippen molar-refractivity contribution >= 4 is 28.8 Å². The highest BCUT2D eigenvalue weighted by Crippen LogP contribution is 2.18. The molecule has 0 radical (unpaired) electrons. The van der Waals surface area contributed by atoms with E-state index in [2.05, 4.69) is 10.3 Å². The molecule has 0 bridgehead atoms. The van der Waals surface area contributed by atoms with E-state index in [0.717, 1.165) is 17.8 Å². The number of nitrogens with one attached hydrogen (secondary N) is 1. The molecule has 1 N–H and O–H groups in total. The molecule has 0 aliphatic carbocycles. The van der Waals surface area contributed by atoms with Gasteiger partial charge < -0.3 is 5.32 Å². The molecule has 0 saturated carbocycles. The number of amides is 1. The van der Waals surface area contributed by atoms with Crippen LogP contribution in [0.25, 0.3) is 0 Å². The third-order valence-electron chi connectivity index (χ3n) is 2.17. The number of nitrogens with zero attached hydrogens (tertiary/aromatic N) is 1. The summed E-state index contributed by atoms with van der Waals surface area (Å²) in [6, 6.07) is 0.00204. The third kappa shape index (κ3) is 4.49. The van der Waals surface area contributed by atoms with Gasteiger partial charge >= 0.3 is 0 Å². The Bertz CT molecular complexity index is 340. The molecule has 1 rings (SSSR count). The van der Waals surface area contributed by atoms with Gasteiger partial charge in [-0.05, 0) is 26.7 Å². The molecule has 0 saturated heterocycles. The van der Waals surface area contributed by atoms with Crippen molar-refractivity contribution in [3.8, 4) is 0 Å². The molecule has 0 spiro atoms. The zero-order valence-corrected chi connectivity index (χ0v) is 11.2. The number of hydrogen-bond donors (Lipinski definition) is 1. The second-order valence-electron chi connectivity index (χ2n) is 3.74. The van der Waals surface area contributed by atoms with Crippen LogP contribution in [0.4, 0.5) is 0 Å². The number of alkyl halides is 1. The fourth-order valence-corrected chi connectivity index (χ4v) is 2.29. The van der Waals surface area contributed by atoms with Gasteiger partial charge in [-0.15, -0.1) is 22.9 Å². The van der Waals surface area contributed by atoms with E-state index >= 15 is 0 Å². The van der Waals surface area contributed by atoms with Crippen LogP contribution in [-0.2, 0) is 4.79 Å². The summed E-state index contributed by atoms with van der Waals surface area (Å²) in [7, 11) is 0. The summed E-state index contributed by atoms with van der Waals surface area (Å²) < 4.78 is 0. The van der Waals surface area contributed by atoms with Gasteiger partial charge in [0.1, 0.15) is 5.01 Å². The minimum Gasteiger partial charge on any atom is -0.347 e. The Morgan fingerprint density at radius 2 is 2.38 bits per heavy atom. The van der Waals surface area contributed by atoms with Crippen LogP contribution in [0.3, 0.4) is 0 Å². The standard InChI is InChI=1S/C11H17ClN2OS/c1-8-7-13-11(16-8)9(2)14-10(15)5-3-4-6-12/h7,9H,3-6H2,1-2H3,(H,14,15). The minimum atomic E-state index is 0.00204. The number of rotatable bonds is 6. The number of aromatic nitrogens is 1. The fraction of sp³-hybridized carbons (Fsp3) is 0.636. The molecule has 3 nitrogen and oxygen atoms in total. The molecule has 1 atom stereocenters. The zero-order chi connectivity index (χ0) is 12.0. The van der Waals surface area contributed by atoms with E-state index in [4.69, 9.17) is 11.6 Å². The molecule has 90 valence electrons. The number of unbranched alkanes of at least 4 members (excludes halogenated alkanes) is 1. The lowest BCUT2D eigenvalue weighted by Crippen LogP contribution is -2.26.